The largest absolute Gasteiger partial charge is 1.00 e. The molecule has 3 rings (SSSR count). The van der Waals surface area contributed by atoms with Gasteiger partial charge in [-0.1, -0.05) is 55.9 Å². The van der Waals surface area contributed by atoms with Gasteiger partial charge in [-0.15, -0.1) is 0 Å². The van der Waals surface area contributed by atoms with Crippen LogP contribution in [0.1, 0.15) is 30.0 Å². The summed E-state index contributed by atoms with van der Waals surface area (Å²) < 4.78 is 13.6. The van der Waals surface area contributed by atoms with Crippen molar-refractivity contribution in [3.05, 3.63) is 83.0 Å². The summed E-state index contributed by atoms with van der Waals surface area (Å²) in [6, 6.07) is 10.6. The van der Waals surface area contributed by atoms with Crippen molar-refractivity contribution in [3.8, 4) is 5.75 Å². The van der Waals surface area contributed by atoms with Crippen LogP contribution in [0.25, 0.3) is 11.1 Å². The normalized spacial score (nSPS) is 12.9. The molecule has 0 fully saturated rings. The van der Waals surface area contributed by atoms with Crippen LogP contribution in [0.2, 0.25) is 5.02 Å². The second kappa shape index (κ2) is 10.2. The van der Waals surface area contributed by atoms with Crippen LogP contribution in [0.3, 0.4) is 0 Å². The van der Waals surface area contributed by atoms with E-state index in [1.807, 2.05) is 30.3 Å². The summed E-state index contributed by atoms with van der Waals surface area (Å²) in [5, 5.41) is 0.427. The first-order valence-electron chi connectivity index (χ1n) is 8.28. The van der Waals surface area contributed by atoms with Gasteiger partial charge in [-0.2, -0.15) is 11.9 Å². The number of hydrogen-bond acceptors (Lipinski definition) is 2. The van der Waals surface area contributed by atoms with Gasteiger partial charge in [-0.25, -0.2) is 4.39 Å². The molecular weight excluding hydrogens is 376 g/mol. The van der Waals surface area contributed by atoms with Gasteiger partial charge in [-0.3, -0.25) is 0 Å². The molecule has 0 heterocycles. The van der Waals surface area contributed by atoms with Crippen molar-refractivity contribution in [2.45, 2.75) is 19.8 Å². The number of halogens is 2. The number of nitrogens with one attached hydrogen (secondary N) is 1. The number of hydroxylamine groups is 1. The molecule has 0 unspecified atom stereocenters. The van der Waals surface area contributed by atoms with Crippen LogP contribution >= 0.6 is 11.6 Å². The Labute approximate surface area is 201 Å². The molecule has 0 atom stereocenters. The van der Waals surface area contributed by atoms with Gasteiger partial charge in [0.05, 0.1) is 0 Å². The first kappa shape index (κ1) is 21.8. The molecule has 0 bridgehead atoms. The first-order valence-corrected chi connectivity index (χ1v) is 8.66. The summed E-state index contributed by atoms with van der Waals surface area (Å²) in [5.74, 6) is 0.398. The molecule has 0 saturated heterocycles. The van der Waals surface area contributed by atoms with Crippen LogP contribution in [0, 0.1) is 12.2 Å². The second-order valence-corrected chi connectivity index (χ2v) is 6.34. The Bertz CT molecular complexity index is 835. The van der Waals surface area contributed by atoms with Gasteiger partial charge < -0.3 is 11.3 Å². The molecule has 2 nitrogen and oxygen atoms in total. The quantitative estimate of drug-likeness (QED) is 0.351. The fourth-order valence-corrected chi connectivity index (χ4v) is 3.19. The molecule has 0 aliphatic heterocycles. The summed E-state index contributed by atoms with van der Waals surface area (Å²) in [6.45, 7) is 6.82. The van der Waals surface area contributed by atoms with E-state index in [0.29, 0.717) is 18.0 Å². The fraction of sp³-hybridized carbons (Fsp3) is 0.190. The van der Waals surface area contributed by atoms with Crippen LogP contribution in [0.5, 0.6) is 5.75 Å². The Morgan fingerprint density at radius 3 is 2.81 bits per heavy atom. The maximum Gasteiger partial charge on any atom is 1.00 e. The van der Waals surface area contributed by atoms with Gasteiger partial charge >= 0.3 is 51.4 Å². The molecular formula is C21H20ClFKNO. The molecule has 1 aliphatic rings. The van der Waals surface area contributed by atoms with Crippen LogP contribution in [0.4, 0.5) is 4.39 Å². The topological polar surface area (TPSA) is 21.3 Å². The second-order valence-electron chi connectivity index (χ2n) is 5.93. The van der Waals surface area contributed by atoms with E-state index in [0.717, 1.165) is 40.0 Å². The zero-order chi connectivity index (χ0) is 17.8. The van der Waals surface area contributed by atoms with Gasteiger partial charge in [-0.05, 0) is 40.5 Å². The summed E-state index contributed by atoms with van der Waals surface area (Å²) in [7, 11) is 0. The zero-order valence-electron chi connectivity index (χ0n) is 15.1. The van der Waals surface area contributed by atoms with Crippen molar-refractivity contribution < 1.29 is 60.6 Å². The Kier molecular flexibility index (Phi) is 8.55. The van der Waals surface area contributed by atoms with Gasteiger partial charge in [0.25, 0.3) is 0 Å². The van der Waals surface area contributed by atoms with E-state index in [2.05, 4.69) is 25.4 Å². The van der Waals surface area contributed by atoms with Crippen LogP contribution in [0.15, 0.2) is 49.1 Å². The Hall–Kier alpha value is -0.464. The van der Waals surface area contributed by atoms with Crippen molar-refractivity contribution in [2.24, 2.45) is 0 Å². The molecule has 1 N–H and O–H groups in total. The van der Waals surface area contributed by atoms with E-state index in [1.165, 1.54) is 12.1 Å². The molecule has 0 amide bonds. The Balaban J connectivity index is 0.00000243. The molecule has 0 aromatic heterocycles. The third-order valence-corrected chi connectivity index (χ3v) is 4.49. The average Bonchev–Trinajstić information content (AvgIpc) is 2.60. The SMILES string of the molecule is C=C1C=C(c2ccccc2ONC[CH-]CC)Cc2c(Cl)cc(F)cc21.[K+]. The Morgan fingerprint density at radius 1 is 1.27 bits per heavy atom. The van der Waals surface area contributed by atoms with Gasteiger partial charge in [0.15, 0.2) is 5.75 Å². The van der Waals surface area contributed by atoms with Crippen LogP contribution < -0.4 is 61.7 Å². The maximum atomic E-state index is 13.6. The van der Waals surface area contributed by atoms with E-state index >= 15 is 0 Å². The number of hydrogen-bond donors (Lipinski definition) is 1. The fourth-order valence-electron chi connectivity index (χ4n) is 2.92. The number of fused-ring (bicyclic) bond motifs is 1. The van der Waals surface area contributed by atoms with Crippen molar-refractivity contribution in [3.63, 3.8) is 0 Å². The van der Waals surface area contributed by atoms with E-state index in [-0.39, 0.29) is 57.2 Å². The number of benzene rings is 2. The summed E-state index contributed by atoms with van der Waals surface area (Å²) in [4.78, 5) is 5.72. The predicted molar refractivity (Wildman–Crippen MR) is 102 cm³/mol. The number of para-hydroxylation sites is 1. The van der Waals surface area contributed by atoms with E-state index < -0.39 is 0 Å². The molecule has 1 aliphatic carbocycles. The molecule has 0 radical (unpaired) electrons. The monoisotopic (exact) mass is 395 g/mol. The number of unbranched alkanes of at least 4 members (excludes halogenated alkanes) is 1. The minimum atomic E-state index is -0.346. The van der Waals surface area contributed by atoms with Crippen LogP contribution in [-0.4, -0.2) is 6.54 Å². The molecule has 0 saturated carbocycles. The van der Waals surface area contributed by atoms with E-state index in [9.17, 15) is 4.39 Å². The molecule has 0 spiro atoms. The predicted octanol–water partition coefficient (Wildman–Crippen LogP) is 2.63. The minimum absolute atomic E-state index is 0. The summed E-state index contributed by atoms with van der Waals surface area (Å²) in [6.07, 6.45) is 5.65. The number of allylic oxidation sites excluding steroid dienone is 3. The molecule has 130 valence electrons. The molecule has 2 aromatic rings. The van der Waals surface area contributed by atoms with E-state index in [1.54, 1.807) is 0 Å². The first-order chi connectivity index (χ1) is 12.1. The van der Waals surface area contributed by atoms with Gasteiger partial charge in [0.2, 0.25) is 0 Å². The zero-order valence-corrected chi connectivity index (χ0v) is 19.0. The van der Waals surface area contributed by atoms with Crippen molar-refractivity contribution in [1.29, 1.82) is 0 Å². The Morgan fingerprint density at radius 2 is 2.04 bits per heavy atom. The molecule has 26 heavy (non-hydrogen) atoms. The van der Waals surface area contributed by atoms with Crippen LogP contribution in [-0.2, 0) is 6.42 Å². The molecule has 2 aromatic carbocycles. The number of rotatable bonds is 6. The summed E-state index contributed by atoms with van der Waals surface area (Å²) in [5.41, 5.74) is 7.38. The van der Waals surface area contributed by atoms with Gasteiger partial charge in [0, 0.05) is 17.0 Å². The smallest absolute Gasteiger partial charge is 0.411 e. The summed E-state index contributed by atoms with van der Waals surface area (Å²) >= 11 is 6.27. The maximum absolute atomic E-state index is 13.6. The third-order valence-electron chi connectivity index (χ3n) is 4.15. The minimum Gasteiger partial charge on any atom is -0.411 e. The third kappa shape index (κ3) is 5.07. The standard InChI is InChI=1S/C21H20ClFNO.K/c1-3-4-9-24-25-21-8-6-5-7-17(21)15-10-14(2)18-12-16(23)13-20(22)19(18)11-15;/h4-8,10,12-13,24H,2-3,9,11H2,1H3;/q-1;+1. The van der Waals surface area contributed by atoms with Crippen molar-refractivity contribution in [2.75, 3.05) is 6.54 Å². The average molecular weight is 396 g/mol. The van der Waals surface area contributed by atoms with Gasteiger partial charge in [0.1, 0.15) is 5.82 Å². The van der Waals surface area contributed by atoms with Crippen molar-refractivity contribution >= 4 is 22.7 Å². The molecule has 5 heteroatoms. The van der Waals surface area contributed by atoms with Crippen molar-refractivity contribution in [1.82, 2.24) is 5.48 Å². The van der Waals surface area contributed by atoms with E-state index in [4.69, 9.17) is 16.4 Å².